The molecule has 0 spiro atoms. The number of halogens is 1. The zero-order valence-electron chi connectivity index (χ0n) is 19.2. The lowest BCUT2D eigenvalue weighted by Crippen LogP contribution is -2.61. The smallest absolute Gasteiger partial charge is 0.255 e. The number of hydrogen-bond donors (Lipinski definition) is 0. The summed E-state index contributed by atoms with van der Waals surface area (Å²) in [6, 6.07) is 20.9. The number of methoxy groups -OCH3 is 2. The Morgan fingerprint density at radius 2 is 1.68 bits per heavy atom. The monoisotopic (exact) mass is 476 g/mol. The van der Waals surface area contributed by atoms with Crippen LogP contribution in [0.3, 0.4) is 0 Å². The van der Waals surface area contributed by atoms with Crippen molar-refractivity contribution in [1.29, 1.82) is 0 Å². The van der Waals surface area contributed by atoms with Gasteiger partial charge in [0.25, 0.3) is 5.91 Å². The van der Waals surface area contributed by atoms with Gasteiger partial charge in [-0.3, -0.25) is 19.4 Å². The van der Waals surface area contributed by atoms with Crippen molar-refractivity contribution < 1.29 is 19.1 Å². The fraction of sp³-hybridized carbons (Fsp3) is 0.185. The second-order valence-corrected chi connectivity index (χ2v) is 8.34. The average Bonchev–Trinajstić information content (AvgIpc) is 2.85. The average molecular weight is 477 g/mol. The summed E-state index contributed by atoms with van der Waals surface area (Å²) < 4.78 is 10.8. The van der Waals surface area contributed by atoms with Crippen molar-refractivity contribution in [1.82, 2.24) is 0 Å². The van der Waals surface area contributed by atoms with Crippen LogP contribution in [-0.2, 0) is 9.59 Å². The fourth-order valence-corrected chi connectivity index (χ4v) is 4.21. The summed E-state index contributed by atoms with van der Waals surface area (Å²) in [7, 11) is 3.08. The van der Waals surface area contributed by atoms with Gasteiger partial charge in [0.15, 0.2) is 0 Å². The van der Waals surface area contributed by atoms with Crippen LogP contribution in [0.15, 0.2) is 78.4 Å². The summed E-state index contributed by atoms with van der Waals surface area (Å²) in [6.07, 6.45) is 1.92. The molecule has 1 aliphatic heterocycles. The van der Waals surface area contributed by atoms with Gasteiger partial charge < -0.3 is 9.47 Å². The summed E-state index contributed by atoms with van der Waals surface area (Å²) in [5.41, 5.74) is 2.79. The van der Waals surface area contributed by atoms with Crippen LogP contribution in [0.5, 0.6) is 11.5 Å². The molecule has 1 fully saturated rings. The van der Waals surface area contributed by atoms with Crippen LogP contribution < -0.4 is 19.3 Å². The Morgan fingerprint density at radius 3 is 2.32 bits per heavy atom. The van der Waals surface area contributed by atoms with E-state index in [1.807, 2.05) is 43.3 Å². The minimum absolute atomic E-state index is 0.126. The first kappa shape index (κ1) is 23.4. The maximum Gasteiger partial charge on any atom is 0.255 e. The number of amides is 2. The number of piperazine rings is 1. The molecule has 0 bridgehead atoms. The molecule has 6 nitrogen and oxygen atoms in total. The highest BCUT2D eigenvalue weighted by Crippen LogP contribution is 2.36. The summed E-state index contributed by atoms with van der Waals surface area (Å²) in [4.78, 5) is 30.5. The van der Waals surface area contributed by atoms with Gasteiger partial charge in [0.1, 0.15) is 24.1 Å². The molecule has 4 rings (SSSR count). The molecule has 0 aromatic heterocycles. The SMILES string of the molecule is COc1ccc(N2CC(=O)N(c3ccc(Cl)cc3)[C@@H](/C(C)=C/c3ccccc3)C2=O)c(OC)c1. The lowest BCUT2D eigenvalue weighted by Gasteiger charge is -2.41. The Kier molecular flexibility index (Phi) is 6.89. The summed E-state index contributed by atoms with van der Waals surface area (Å²) in [5.74, 6) is 0.591. The van der Waals surface area contributed by atoms with Crippen molar-refractivity contribution in [3.63, 3.8) is 0 Å². The highest BCUT2D eigenvalue weighted by Gasteiger charge is 2.42. The molecule has 34 heavy (non-hydrogen) atoms. The predicted molar refractivity (Wildman–Crippen MR) is 135 cm³/mol. The topological polar surface area (TPSA) is 59.1 Å². The highest BCUT2D eigenvalue weighted by molar-refractivity contribution is 6.30. The van der Waals surface area contributed by atoms with Gasteiger partial charge >= 0.3 is 0 Å². The van der Waals surface area contributed by atoms with Gasteiger partial charge in [-0.15, -0.1) is 0 Å². The molecule has 0 aliphatic carbocycles. The molecule has 3 aromatic carbocycles. The van der Waals surface area contributed by atoms with E-state index in [1.54, 1.807) is 54.5 Å². The first-order valence-electron chi connectivity index (χ1n) is 10.8. The van der Waals surface area contributed by atoms with Crippen molar-refractivity contribution in [2.45, 2.75) is 13.0 Å². The number of hydrogen-bond acceptors (Lipinski definition) is 4. The van der Waals surface area contributed by atoms with Crippen LogP contribution in [0, 0.1) is 0 Å². The van der Waals surface area contributed by atoms with Gasteiger partial charge in [0.05, 0.1) is 19.9 Å². The maximum atomic E-state index is 14.0. The normalized spacial score (nSPS) is 16.6. The molecule has 0 radical (unpaired) electrons. The van der Waals surface area contributed by atoms with Gasteiger partial charge in [-0.2, -0.15) is 0 Å². The molecule has 1 heterocycles. The van der Waals surface area contributed by atoms with Crippen LogP contribution in [0.25, 0.3) is 6.08 Å². The fourth-order valence-electron chi connectivity index (χ4n) is 4.09. The van der Waals surface area contributed by atoms with Crippen LogP contribution in [0.4, 0.5) is 11.4 Å². The number of carbonyl (C=O) groups excluding carboxylic acids is 2. The Balaban J connectivity index is 1.81. The lowest BCUT2D eigenvalue weighted by atomic mass is 9.98. The van der Waals surface area contributed by atoms with Crippen molar-refractivity contribution in [3.05, 3.63) is 89.0 Å². The number of carbonyl (C=O) groups is 2. The molecule has 1 aliphatic rings. The zero-order valence-corrected chi connectivity index (χ0v) is 20.0. The van der Waals surface area contributed by atoms with E-state index in [-0.39, 0.29) is 18.4 Å². The zero-order chi connectivity index (χ0) is 24.2. The van der Waals surface area contributed by atoms with Crippen LogP contribution in [0.2, 0.25) is 5.02 Å². The third-order valence-electron chi connectivity index (χ3n) is 5.73. The third-order valence-corrected chi connectivity index (χ3v) is 5.98. The number of rotatable bonds is 6. The molecule has 0 unspecified atom stereocenters. The van der Waals surface area contributed by atoms with Crippen LogP contribution in [-0.4, -0.2) is 38.6 Å². The minimum atomic E-state index is -0.838. The Morgan fingerprint density at radius 1 is 0.971 bits per heavy atom. The first-order chi connectivity index (χ1) is 16.4. The Hall–Kier alpha value is -3.77. The maximum absolute atomic E-state index is 14.0. The van der Waals surface area contributed by atoms with E-state index in [0.717, 1.165) is 11.1 Å². The Labute approximate surface area is 204 Å². The number of anilines is 2. The number of benzene rings is 3. The van der Waals surface area contributed by atoms with Crippen molar-refractivity contribution in [3.8, 4) is 11.5 Å². The Bertz CT molecular complexity index is 1230. The second-order valence-electron chi connectivity index (χ2n) is 7.90. The minimum Gasteiger partial charge on any atom is -0.497 e. The molecule has 2 amide bonds. The molecule has 0 saturated carbocycles. The molecule has 174 valence electrons. The highest BCUT2D eigenvalue weighted by atomic mass is 35.5. The largest absolute Gasteiger partial charge is 0.497 e. The molecule has 3 aromatic rings. The number of nitrogens with zero attached hydrogens (tertiary/aromatic N) is 2. The van der Waals surface area contributed by atoms with Crippen molar-refractivity contribution in [2.75, 3.05) is 30.6 Å². The molecule has 7 heteroatoms. The van der Waals surface area contributed by atoms with Crippen molar-refractivity contribution >= 4 is 40.9 Å². The second kappa shape index (κ2) is 10.0. The van der Waals surface area contributed by atoms with Crippen LogP contribution in [0.1, 0.15) is 12.5 Å². The molecular weight excluding hydrogens is 452 g/mol. The molecule has 1 saturated heterocycles. The van der Waals surface area contributed by atoms with Gasteiger partial charge in [0.2, 0.25) is 5.91 Å². The van der Waals surface area contributed by atoms with E-state index in [1.165, 1.54) is 12.0 Å². The standard InChI is InChI=1S/C27H25ClN2O4/c1-18(15-19-7-5-4-6-8-19)26-27(32)29(23-14-13-22(33-2)16-24(23)34-3)17-25(31)30(26)21-11-9-20(28)10-12-21/h4-16,26H,17H2,1-3H3/b18-15+/t26-/m0/s1. The van der Waals surface area contributed by atoms with Crippen molar-refractivity contribution in [2.24, 2.45) is 0 Å². The lowest BCUT2D eigenvalue weighted by molar-refractivity contribution is -0.127. The van der Waals surface area contributed by atoms with E-state index >= 15 is 0 Å². The summed E-state index contributed by atoms with van der Waals surface area (Å²) >= 11 is 6.07. The van der Waals surface area contributed by atoms with Gasteiger partial charge in [-0.1, -0.05) is 48.0 Å². The van der Waals surface area contributed by atoms with Gasteiger partial charge in [-0.25, -0.2) is 0 Å². The molecule has 1 atom stereocenters. The molecular formula is C27H25ClN2O4. The van der Waals surface area contributed by atoms with E-state index in [4.69, 9.17) is 21.1 Å². The quantitative estimate of drug-likeness (QED) is 0.490. The van der Waals surface area contributed by atoms with E-state index in [9.17, 15) is 9.59 Å². The third kappa shape index (κ3) is 4.63. The van der Waals surface area contributed by atoms with E-state index in [2.05, 4.69) is 0 Å². The van der Waals surface area contributed by atoms with Gasteiger partial charge in [-0.05, 0) is 54.5 Å². The van der Waals surface area contributed by atoms with E-state index < -0.39 is 6.04 Å². The molecule has 0 N–H and O–H groups in total. The number of ether oxygens (including phenoxy) is 2. The summed E-state index contributed by atoms with van der Waals surface area (Å²) in [6.45, 7) is 1.74. The first-order valence-corrected chi connectivity index (χ1v) is 11.1. The van der Waals surface area contributed by atoms with E-state index in [0.29, 0.717) is 27.9 Å². The van der Waals surface area contributed by atoms with Gasteiger partial charge in [0, 0.05) is 16.8 Å². The van der Waals surface area contributed by atoms with Crippen LogP contribution >= 0.6 is 11.6 Å². The summed E-state index contributed by atoms with van der Waals surface area (Å²) in [5, 5.41) is 0.553. The predicted octanol–water partition coefficient (Wildman–Crippen LogP) is 5.21.